The Balaban J connectivity index is 4.32. The van der Waals surface area contributed by atoms with E-state index in [4.69, 9.17) is 14.2 Å². The van der Waals surface area contributed by atoms with Crippen LogP contribution in [0.3, 0.4) is 0 Å². The molecule has 0 aromatic heterocycles. The van der Waals surface area contributed by atoms with Gasteiger partial charge in [0.1, 0.15) is 13.2 Å². The van der Waals surface area contributed by atoms with Crippen LogP contribution in [0.15, 0.2) is 0 Å². The molecule has 0 fully saturated rings. The monoisotopic (exact) mass is 765 g/mol. The Kier molecular flexibility index (Phi) is 39.8. The van der Waals surface area contributed by atoms with Crippen molar-refractivity contribution in [3.63, 3.8) is 0 Å². The second kappa shape index (κ2) is 41.1. The van der Waals surface area contributed by atoms with Crippen LogP contribution in [0.25, 0.3) is 0 Å². The minimum atomic E-state index is -0.760. The molecule has 0 unspecified atom stereocenters. The van der Waals surface area contributed by atoms with Crippen molar-refractivity contribution in [1.29, 1.82) is 0 Å². The van der Waals surface area contributed by atoms with Crippen LogP contribution in [0.5, 0.6) is 0 Å². The molecule has 0 N–H and O–H groups in total. The molecule has 320 valence electrons. The first-order valence-corrected chi connectivity index (χ1v) is 23.7. The Morgan fingerprint density at radius 3 is 0.907 bits per heavy atom. The normalized spacial score (nSPS) is 12.1. The lowest BCUT2D eigenvalue weighted by Crippen LogP contribution is -2.30. The van der Waals surface area contributed by atoms with E-state index in [0.717, 1.165) is 69.6 Å². The molecule has 1 atom stereocenters. The fourth-order valence-electron chi connectivity index (χ4n) is 7.11. The maximum absolute atomic E-state index is 12.7. The first-order chi connectivity index (χ1) is 26.2. The standard InChI is InChI=1S/C48H92O6/c1-6-7-8-9-10-11-17-23-28-33-38-46(49)52-41-45(42-53-47(50)39-34-29-24-20-19-22-27-32-37-44(4)5)54-48(51)40-35-30-25-18-15-13-12-14-16-21-26-31-36-43(2)3/h43-45H,6-42H2,1-5H3/t45-/m0/s1. The van der Waals surface area contributed by atoms with Gasteiger partial charge in [-0.2, -0.15) is 0 Å². The third kappa shape index (κ3) is 41.6. The van der Waals surface area contributed by atoms with Crippen molar-refractivity contribution in [2.24, 2.45) is 11.8 Å². The molecule has 6 heteroatoms. The SMILES string of the molecule is CCCCCCCCCCCCC(=O)OC[C@@H](COC(=O)CCCCCCCCCCC(C)C)OC(=O)CCCCCCCCCCCCCCC(C)C. The van der Waals surface area contributed by atoms with Gasteiger partial charge in [-0.3, -0.25) is 14.4 Å². The molecule has 54 heavy (non-hydrogen) atoms. The Morgan fingerprint density at radius 1 is 0.352 bits per heavy atom. The maximum atomic E-state index is 12.7. The lowest BCUT2D eigenvalue weighted by Gasteiger charge is -2.18. The van der Waals surface area contributed by atoms with Gasteiger partial charge in [0.2, 0.25) is 0 Å². The van der Waals surface area contributed by atoms with E-state index in [1.54, 1.807) is 0 Å². The number of rotatable bonds is 42. The van der Waals surface area contributed by atoms with Gasteiger partial charge in [-0.05, 0) is 31.1 Å². The summed E-state index contributed by atoms with van der Waals surface area (Å²) < 4.78 is 16.7. The lowest BCUT2D eigenvalue weighted by atomic mass is 10.0. The van der Waals surface area contributed by atoms with Crippen molar-refractivity contribution in [2.45, 2.75) is 265 Å². The van der Waals surface area contributed by atoms with Crippen LogP contribution in [0.1, 0.15) is 259 Å². The molecule has 0 heterocycles. The van der Waals surface area contributed by atoms with E-state index in [1.165, 1.54) is 148 Å². The first-order valence-electron chi connectivity index (χ1n) is 23.7. The van der Waals surface area contributed by atoms with E-state index in [2.05, 4.69) is 34.6 Å². The van der Waals surface area contributed by atoms with E-state index in [9.17, 15) is 14.4 Å². The Morgan fingerprint density at radius 2 is 0.611 bits per heavy atom. The van der Waals surface area contributed by atoms with Crippen LogP contribution in [-0.2, 0) is 28.6 Å². The van der Waals surface area contributed by atoms with Crippen LogP contribution < -0.4 is 0 Å². The molecule has 0 spiro atoms. The summed E-state index contributed by atoms with van der Waals surface area (Å²) in [4.78, 5) is 37.7. The van der Waals surface area contributed by atoms with Gasteiger partial charge in [0.25, 0.3) is 0 Å². The summed E-state index contributed by atoms with van der Waals surface area (Å²) in [6.45, 7) is 11.3. The van der Waals surface area contributed by atoms with Crippen LogP contribution >= 0.6 is 0 Å². The number of hydrogen-bond donors (Lipinski definition) is 0. The average molecular weight is 765 g/mol. The number of unbranched alkanes of at least 4 members (excludes halogenated alkanes) is 27. The van der Waals surface area contributed by atoms with E-state index in [1.807, 2.05) is 0 Å². The van der Waals surface area contributed by atoms with Gasteiger partial charge < -0.3 is 14.2 Å². The van der Waals surface area contributed by atoms with Crippen molar-refractivity contribution in [1.82, 2.24) is 0 Å². The number of esters is 3. The number of carbonyl (C=O) groups is 3. The van der Waals surface area contributed by atoms with Crippen LogP contribution in [0, 0.1) is 11.8 Å². The van der Waals surface area contributed by atoms with Gasteiger partial charge in [-0.15, -0.1) is 0 Å². The van der Waals surface area contributed by atoms with Crippen LogP contribution in [0.4, 0.5) is 0 Å². The molecule has 0 saturated carbocycles. The predicted octanol–water partition coefficient (Wildman–Crippen LogP) is 15.0. The minimum absolute atomic E-state index is 0.0648. The second-order valence-corrected chi connectivity index (χ2v) is 17.3. The van der Waals surface area contributed by atoms with Crippen molar-refractivity contribution in [3.8, 4) is 0 Å². The van der Waals surface area contributed by atoms with Crippen LogP contribution in [-0.4, -0.2) is 37.2 Å². The molecule has 0 aliphatic rings. The fourth-order valence-corrected chi connectivity index (χ4v) is 7.11. The van der Waals surface area contributed by atoms with Crippen molar-refractivity contribution in [2.75, 3.05) is 13.2 Å². The summed E-state index contributed by atoms with van der Waals surface area (Å²) in [7, 11) is 0. The summed E-state index contributed by atoms with van der Waals surface area (Å²) in [5, 5.41) is 0. The molecular formula is C48H92O6. The molecule has 0 radical (unpaired) electrons. The predicted molar refractivity (Wildman–Crippen MR) is 229 cm³/mol. The van der Waals surface area contributed by atoms with Gasteiger partial charge in [-0.25, -0.2) is 0 Å². The Labute approximate surface area is 336 Å². The maximum Gasteiger partial charge on any atom is 0.306 e. The molecule has 0 aliphatic carbocycles. The van der Waals surface area contributed by atoms with Gasteiger partial charge in [0.05, 0.1) is 0 Å². The molecule has 6 nitrogen and oxygen atoms in total. The minimum Gasteiger partial charge on any atom is -0.462 e. The highest BCUT2D eigenvalue weighted by Crippen LogP contribution is 2.17. The quantitative estimate of drug-likeness (QED) is 0.0350. The fraction of sp³-hybridized carbons (Fsp3) is 0.938. The van der Waals surface area contributed by atoms with Crippen molar-refractivity contribution in [3.05, 3.63) is 0 Å². The number of hydrogen-bond acceptors (Lipinski definition) is 6. The molecule has 0 aromatic carbocycles. The lowest BCUT2D eigenvalue weighted by molar-refractivity contribution is -0.167. The summed E-state index contributed by atoms with van der Waals surface area (Å²) >= 11 is 0. The first kappa shape index (κ1) is 52.4. The molecule has 0 bridgehead atoms. The topological polar surface area (TPSA) is 78.9 Å². The van der Waals surface area contributed by atoms with E-state index >= 15 is 0 Å². The zero-order chi connectivity index (χ0) is 39.7. The zero-order valence-corrected chi connectivity index (χ0v) is 36.8. The third-order valence-corrected chi connectivity index (χ3v) is 10.7. The summed E-state index contributed by atoms with van der Waals surface area (Å²) in [6.07, 6.45) is 39.5. The molecule has 0 aliphatic heterocycles. The highest BCUT2D eigenvalue weighted by Gasteiger charge is 2.19. The molecule has 0 rings (SSSR count). The van der Waals surface area contributed by atoms with E-state index in [0.29, 0.717) is 19.3 Å². The number of carbonyl (C=O) groups excluding carboxylic acids is 3. The average Bonchev–Trinajstić information content (AvgIpc) is 3.14. The zero-order valence-electron chi connectivity index (χ0n) is 36.8. The summed E-state index contributed by atoms with van der Waals surface area (Å²) in [5.41, 5.74) is 0. The molecular weight excluding hydrogens is 673 g/mol. The number of ether oxygens (including phenoxy) is 3. The second-order valence-electron chi connectivity index (χ2n) is 17.3. The Bertz CT molecular complexity index is 824. The van der Waals surface area contributed by atoms with Gasteiger partial charge in [0.15, 0.2) is 6.10 Å². The van der Waals surface area contributed by atoms with Gasteiger partial charge in [-0.1, -0.05) is 221 Å². The largest absolute Gasteiger partial charge is 0.462 e. The van der Waals surface area contributed by atoms with E-state index < -0.39 is 6.10 Å². The molecule has 0 amide bonds. The van der Waals surface area contributed by atoms with Crippen molar-refractivity contribution < 1.29 is 28.6 Å². The van der Waals surface area contributed by atoms with Gasteiger partial charge >= 0.3 is 17.9 Å². The molecule has 0 saturated heterocycles. The smallest absolute Gasteiger partial charge is 0.306 e. The highest BCUT2D eigenvalue weighted by atomic mass is 16.6. The summed E-state index contributed by atoms with van der Waals surface area (Å²) in [6, 6.07) is 0. The highest BCUT2D eigenvalue weighted by molar-refractivity contribution is 5.71. The Hall–Kier alpha value is -1.59. The van der Waals surface area contributed by atoms with Crippen LogP contribution in [0.2, 0.25) is 0 Å². The van der Waals surface area contributed by atoms with Crippen molar-refractivity contribution >= 4 is 17.9 Å². The third-order valence-electron chi connectivity index (χ3n) is 10.7. The van der Waals surface area contributed by atoms with E-state index in [-0.39, 0.29) is 31.1 Å². The summed E-state index contributed by atoms with van der Waals surface area (Å²) in [5.74, 6) is 0.772. The molecule has 0 aromatic rings. The van der Waals surface area contributed by atoms with Gasteiger partial charge in [0, 0.05) is 19.3 Å².